The van der Waals surface area contributed by atoms with Gasteiger partial charge in [0.15, 0.2) is 5.84 Å². The number of hydrogen-bond acceptors (Lipinski definition) is 5. The Kier molecular flexibility index (Phi) is 5.22. The number of hydrogen-bond donors (Lipinski definition) is 3. The van der Waals surface area contributed by atoms with Gasteiger partial charge in [-0.2, -0.15) is 0 Å². The molecule has 1 heterocycles. The van der Waals surface area contributed by atoms with Crippen LogP contribution in [0.15, 0.2) is 35.7 Å². The minimum Gasteiger partial charge on any atom is -0.409 e. The van der Waals surface area contributed by atoms with Gasteiger partial charge in [-0.3, -0.25) is 4.68 Å². The van der Waals surface area contributed by atoms with Crippen molar-refractivity contribution in [1.29, 1.82) is 0 Å². The van der Waals surface area contributed by atoms with Gasteiger partial charge in [-0.15, -0.1) is 5.10 Å². The summed E-state index contributed by atoms with van der Waals surface area (Å²) >= 11 is 0. The lowest BCUT2D eigenvalue weighted by Gasteiger charge is -2.07. The Morgan fingerprint density at radius 1 is 1.48 bits per heavy atom. The molecule has 0 saturated carbocycles. The highest BCUT2D eigenvalue weighted by atomic mass is 19.1. The zero-order valence-corrected chi connectivity index (χ0v) is 11.4. The molecule has 4 N–H and O–H groups in total. The minimum absolute atomic E-state index is 0.110. The van der Waals surface area contributed by atoms with Crippen LogP contribution in [0.25, 0.3) is 0 Å². The van der Waals surface area contributed by atoms with Crippen molar-refractivity contribution in [2.75, 3.05) is 6.54 Å². The number of aromatic nitrogens is 3. The number of amidine groups is 1. The summed E-state index contributed by atoms with van der Waals surface area (Å²) in [5, 5.41) is 22.1. The monoisotopic (exact) mass is 292 g/mol. The zero-order chi connectivity index (χ0) is 15.1. The van der Waals surface area contributed by atoms with E-state index in [9.17, 15) is 4.39 Å². The van der Waals surface area contributed by atoms with Gasteiger partial charge in [0.2, 0.25) is 0 Å². The number of nitrogens with two attached hydrogens (primary N) is 1. The number of halogens is 1. The Labute approximate surface area is 121 Å². The molecule has 0 unspecified atom stereocenters. The third-order valence-corrected chi connectivity index (χ3v) is 2.98. The molecule has 21 heavy (non-hydrogen) atoms. The van der Waals surface area contributed by atoms with Crippen LogP contribution in [0.5, 0.6) is 0 Å². The first-order valence-electron chi connectivity index (χ1n) is 6.52. The van der Waals surface area contributed by atoms with Gasteiger partial charge in [-0.05, 0) is 19.0 Å². The van der Waals surface area contributed by atoms with Gasteiger partial charge in [0.25, 0.3) is 0 Å². The van der Waals surface area contributed by atoms with Gasteiger partial charge >= 0.3 is 0 Å². The standard InChI is InChI=1S/C13H17FN6O/c14-12-8-10(13(15)18-21)2-3-11(12)9-16-4-1-6-20-7-5-17-19-20/h2-3,5,7-8,16,21H,1,4,6,9H2,(H2,15,18). The molecule has 8 heteroatoms. The normalized spacial score (nSPS) is 11.8. The van der Waals surface area contributed by atoms with E-state index in [1.54, 1.807) is 29.2 Å². The van der Waals surface area contributed by atoms with E-state index in [1.807, 2.05) is 0 Å². The predicted molar refractivity (Wildman–Crippen MR) is 75.3 cm³/mol. The fourth-order valence-electron chi connectivity index (χ4n) is 1.85. The van der Waals surface area contributed by atoms with Crippen molar-refractivity contribution in [2.24, 2.45) is 10.9 Å². The lowest BCUT2D eigenvalue weighted by molar-refractivity contribution is 0.318. The molecular formula is C13H17FN6O. The average molecular weight is 292 g/mol. The topological polar surface area (TPSA) is 101 Å². The van der Waals surface area contributed by atoms with Crippen LogP contribution < -0.4 is 11.1 Å². The van der Waals surface area contributed by atoms with Crippen LogP contribution in [0.1, 0.15) is 17.5 Å². The molecule has 0 amide bonds. The maximum Gasteiger partial charge on any atom is 0.170 e. The molecule has 1 aromatic heterocycles. The van der Waals surface area contributed by atoms with Crippen molar-refractivity contribution in [1.82, 2.24) is 20.3 Å². The maximum absolute atomic E-state index is 13.8. The second-order valence-electron chi connectivity index (χ2n) is 4.49. The quantitative estimate of drug-likeness (QED) is 0.229. The van der Waals surface area contributed by atoms with Crippen LogP contribution in [0.3, 0.4) is 0 Å². The first-order chi connectivity index (χ1) is 10.2. The molecule has 2 aromatic rings. The predicted octanol–water partition coefficient (Wildman–Crippen LogP) is 0.692. The van der Waals surface area contributed by atoms with Crippen LogP contribution in [0.2, 0.25) is 0 Å². The van der Waals surface area contributed by atoms with Crippen molar-refractivity contribution >= 4 is 5.84 Å². The van der Waals surface area contributed by atoms with Gasteiger partial charge in [0.05, 0.1) is 6.20 Å². The number of nitrogens with one attached hydrogen (secondary N) is 1. The van der Waals surface area contributed by atoms with Crippen molar-refractivity contribution in [3.63, 3.8) is 0 Å². The molecule has 0 spiro atoms. The highest BCUT2D eigenvalue weighted by Gasteiger charge is 2.06. The summed E-state index contributed by atoms with van der Waals surface area (Å²) in [5.74, 6) is -0.496. The van der Waals surface area contributed by atoms with Gasteiger partial charge in [-0.1, -0.05) is 22.5 Å². The summed E-state index contributed by atoms with van der Waals surface area (Å²) < 4.78 is 15.6. The molecule has 0 atom stereocenters. The molecule has 0 aliphatic carbocycles. The first-order valence-corrected chi connectivity index (χ1v) is 6.52. The summed E-state index contributed by atoms with van der Waals surface area (Å²) in [7, 11) is 0. The summed E-state index contributed by atoms with van der Waals surface area (Å²) in [6, 6.07) is 4.49. The Morgan fingerprint density at radius 3 is 3.00 bits per heavy atom. The largest absolute Gasteiger partial charge is 0.409 e. The Morgan fingerprint density at radius 2 is 2.33 bits per heavy atom. The van der Waals surface area contributed by atoms with Crippen molar-refractivity contribution in [3.05, 3.63) is 47.5 Å². The molecule has 0 bridgehead atoms. The average Bonchev–Trinajstić information content (AvgIpc) is 3.00. The lowest BCUT2D eigenvalue weighted by Crippen LogP contribution is -2.18. The van der Waals surface area contributed by atoms with Crippen molar-refractivity contribution in [2.45, 2.75) is 19.5 Å². The molecule has 0 saturated heterocycles. The molecular weight excluding hydrogens is 275 g/mol. The van der Waals surface area contributed by atoms with Crippen LogP contribution in [0.4, 0.5) is 4.39 Å². The number of aryl methyl sites for hydroxylation is 1. The van der Waals surface area contributed by atoms with E-state index in [0.717, 1.165) is 19.5 Å². The van der Waals surface area contributed by atoms with Gasteiger partial charge in [-0.25, -0.2) is 4.39 Å². The van der Waals surface area contributed by atoms with E-state index in [4.69, 9.17) is 10.9 Å². The second kappa shape index (κ2) is 7.34. The molecule has 1 aromatic carbocycles. The smallest absolute Gasteiger partial charge is 0.170 e. The van der Waals surface area contributed by atoms with E-state index in [0.29, 0.717) is 17.7 Å². The zero-order valence-electron chi connectivity index (χ0n) is 11.4. The summed E-state index contributed by atoms with van der Waals surface area (Å²) in [5.41, 5.74) is 6.29. The molecule has 0 aliphatic heterocycles. The molecule has 0 aliphatic rings. The first kappa shape index (κ1) is 14.9. The highest BCUT2D eigenvalue weighted by Crippen LogP contribution is 2.10. The lowest BCUT2D eigenvalue weighted by atomic mass is 10.1. The molecule has 7 nitrogen and oxygen atoms in total. The molecule has 0 fully saturated rings. The van der Waals surface area contributed by atoms with Crippen LogP contribution in [-0.4, -0.2) is 32.6 Å². The second-order valence-corrected chi connectivity index (χ2v) is 4.49. The minimum atomic E-state index is -0.386. The SMILES string of the molecule is N/C(=N/O)c1ccc(CNCCCn2ccnn2)c(F)c1. The molecule has 112 valence electrons. The van der Waals surface area contributed by atoms with Gasteiger partial charge in [0.1, 0.15) is 5.82 Å². The third kappa shape index (κ3) is 4.25. The van der Waals surface area contributed by atoms with Crippen molar-refractivity contribution < 1.29 is 9.60 Å². The summed E-state index contributed by atoms with van der Waals surface area (Å²) in [6.07, 6.45) is 4.30. The van der Waals surface area contributed by atoms with Gasteiger partial charge < -0.3 is 16.3 Å². The summed E-state index contributed by atoms with van der Waals surface area (Å²) in [4.78, 5) is 0. The fraction of sp³-hybridized carbons (Fsp3) is 0.308. The molecule has 0 radical (unpaired) electrons. The van der Waals surface area contributed by atoms with E-state index < -0.39 is 0 Å². The molecule has 2 rings (SSSR count). The Balaban J connectivity index is 1.78. The van der Waals surface area contributed by atoms with Crippen LogP contribution in [0, 0.1) is 5.82 Å². The Hall–Kier alpha value is -2.48. The maximum atomic E-state index is 13.8. The summed E-state index contributed by atoms with van der Waals surface area (Å²) in [6.45, 7) is 1.92. The van der Waals surface area contributed by atoms with Crippen LogP contribution in [-0.2, 0) is 13.1 Å². The number of oxime groups is 1. The number of nitrogens with zero attached hydrogens (tertiary/aromatic N) is 4. The fourth-order valence-corrected chi connectivity index (χ4v) is 1.85. The van der Waals surface area contributed by atoms with E-state index in [-0.39, 0.29) is 11.7 Å². The van der Waals surface area contributed by atoms with E-state index >= 15 is 0 Å². The van der Waals surface area contributed by atoms with E-state index in [1.165, 1.54) is 6.07 Å². The third-order valence-electron chi connectivity index (χ3n) is 2.98. The Bertz CT molecular complexity index is 599. The van der Waals surface area contributed by atoms with E-state index in [2.05, 4.69) is 20.8 Å². The van der Waals surface area contributed by atoms with Crippen molar-refractivity contribution in [3.8, 4) is 0 Å². The van der Waals surface area contributed by atoms with Gasteiger partial charge in [0, 0.05) is 30.4 Å². The highest BCUT2D eigenvalue weighted by molar-refractivity contribution is 5.97. The number of benzene rings is 1. The number of rotatable bonds is 7. The van der Waals surface area contributed by atoms with Crippen LogP contribution >= 0.6 is 0 Å².